The van der Waals surface area contributed by atoms with Crippen LogP contribution in [0.3, 0.4) is 0 Å². The van der Waals surface area contributed by atoms with Crippen molar-refractivity contribution in [3.8, 4) is 0 Å². The van der Waals surface area contributed by atoms with Crippen molar-refractivity contribution in [3.05, 3.63) is 35.2 Å². The lowest BCUT2D eigenvalue weighted by Crippen LogP contribution is -2.39. The molecule has 1 aliphatic carbocycles. The van der Waals surface area contributed by atoms with Gasteiger partial charge in [0.2, 0.25) is 0 Å². The highest BCUT2D eigenvalue weighted by Gasteiger charge is 2.20. The average Bonchev–Trinajstić information content (AvgIpc) is 3.34. The number of aliphatic imine (C=N–C) groups is 1. The van der Waals surface area contributed by atoms with E-state index < -0.39 is 6.10 Å². The summed E-state index contributed by atoms with van der Waals surface area (Å²) in [5.74, 6) is 1.51. The Labute approximate surface area is 153 Å². The summed E-state index contributed by atoms with van der Waals surface area (Å²) in [5, 5.41) is 18.1. The van der Waals surface area contributed by atoms with Crippen LogP contribution in [0.1, 0.15) is 30.7 Å². The van der Waals surface area contributed by atoms with Crippen LogP contribution in [0.2, 0.25) is 0 Å². The summed E-state index contributed by atoms with van der Waals surface area (Å²) in [4.78, 5) is 5.45. The zero-order valence-electron chi connectivity index (χ0n) is 14.7. The van der Waals surface area contributed by atoms with Crippen molar-refractivity contribution in [2.75, 3.05) is 32.8 Å². The molecule has 1 saturated carbocycles. The second-order valence-corrected chi connectivity index (χ2v) is 7.48. The van der Waals surface area contributed by atoms with Crippen LogP contribution in [0, 0.1) is 5.92 Å². The molecule has 1 aromatic heterocycles. The fourth-order valence-electron chi connectivity index (χ4n) is 2.55. The van der Waals surface area contributed by atoms with Gasteiger partial charge < -0.3 is 20.5 Å². The van der Waals surface area contributed by atoms with E-state index in [0.29, 0.717) is 13.2 Å². The maximum absolute atomic E-state index is 10.4. The number of hydrogen-bond acceptors (Lipinski definition) is 4. The molecule has 25 heavy (non-hydrogen) atoms. The molecule has 1 aromatic carbocycles. The number of ether oxygens (including phenoxy) is 1. The van der Waals surface area contributed by atoms with Crippen LogP contribution in [-0.2, 0) is 4.74 Å². The third-order valence-corrected chi connectivity index (χ3v) is 5.35. The number of guanidine groups is 1. The molecule has 2 aromatic rings. The van der Waals surface area contributed by atoms with Crippen molar-refractivity contribution in [1.29, 1.82) is 0 Å². The summed E-state index contributed by atoms with van der Waals surface area (Å²) in [6.07, 6.45) is 2.04. The first-order valence-corrected chi connectivity index (χ1v) is 9.84. The fourth-order valence-corrected chi connectivity index (χ4v) is 3.59. The Morgan fingerprint density at radius 1 is 1.36 bits per heavy atom. The number of thiophene rings is 1. The summed E-state index contributed by atoms with van der Waals surface area (Å²) in [6.45, 7) is 5.43. The van der Waals surface area contributed by atoms with Gasteiger partial charge in [0, 0.05) is 29.3 Å². The predicted molar refractivity (Wildman–Crippen MR) is 104 cm³/mol. The lowest BCUT2D eigenvalue weighted by molar-refractivity contribution is 0.129. The maximum atomic E-state index is 10.4. The van der Waals surface area contributed by atoms with Gasteiger partial charge in [0.05, 0.1) is 13.2 Å². The molecule has 1 atom stereocenters. The molecule has 1 fully saturated rings. The van der Waals surface area contributed by atoms with E-state index in [1.54, 1.807) is 11.3 Å². The van der Waals surface area contributed by atoms with Crippen LogP contribution in [-0.4, -0.2) is 43.9 Å². The summed E-state index contributed by atoms with van der Waals surface area (Å²) >= 11 is 1.62. The Kier molecular flexibility index (Phi) is 6.67. The van der Waals surface area contributed by atoms with Gasteiger partial charge in [-0.3, -0.25) is 4.99 Å². The molecular formula is C19H27N3O2S. The van der Waals surface area contributed by atoms with Crippen LogP contribution >= 0.6 is 11.3 Å². The van der Waals surface area contributed by atoms with Gasteiger partial charge in [-0.2, -0.15) is 0 Å². The lowest BCUT2D eigenvalue weighted by atomic mass is 10.2. The molecule has 1 heterocycles. The molecular weight excluding hydrogens is 334 g/mol. The van der Waals surface area contributed by atoms with Gasteiger partial charge in [0.15, 0.2) is 5.96 Å². The van der Waals surface area contributed by atoms with E-state index >= 15 is 0 Å². The number of aliphatic hydroxyl groups is 1. The fraction of sp³-hybridized carbons (Fsp3) is 0.526. The van der Waals surface area contributed by atoms with E-state index in [0.717, 1.165) is 36.5 Å². The van der Waals surface area contributed by atoms with Crippen molar-refractivity contribution in [1.82, 2.24) is 10.6 Å². The molecule has 6 heteroatoms. The third kappa shape index (κ3) is 5.70. The highest BCUT2D eigenvalue weighted by molar-refractivity contribution is 7.19. The Morgan fingerprint density at radius 2 is 2.20 bits per heavy atom. The van der Waals surface area contributed by atoms with Gasteiger partial charge in [-0.1, -0.05) is 18.2 Å². The van der Waals surface area contributed by atoms with Crippen molar-refractivity contribution < 1.29 is 9.84 Å². The summed E-state index contributed by atoms with van der Waals surface area (Å²) in [5.41, 5.74) is 0. The molecule has 0 radical (unpaired) electrons. The number of aliphatic hydroxyl groups excluding tert-OH is 1. The standard InChI is InChI=1S/C19H27N3O2S/c1-2-20-19(21-9-10-24-13-14-7-8-14)22-12-16(23)18-11-15-5-3-4-6-17(15)25-18/h3-6,11,14,16,23H,2,7-10,12-13H2,1H3,(H2,20,21,22). The largest absolute Gasteiger partial charge is 0.386 e. The van der Waals surface area contributed by atoms with Gasteiger partial charge in [-0.15, -0.1) is 11.3 Å². The molecule has 3 rings (SSSR count). The first-order chi connectivity index (χ1) is 12.3. The Balaban J connectivity index is 1.48. The highest BCUT2D eigenvalue weighted by Crippen LogP contribution is 2.30. The average molecular weight is 362 g/mol. The van der Waals surface area contributed by atoms with Crippen molar-refractivity contribution in [3.63, 3.8) is 0 Å². The molecule has 1 unspecified atom stereocenters. The van der Waals surface area contributed by atoms with Gasteiger partial charge >= 0.3 is 0 Å². The number of rotatable bonds is 9. The van der Waals surface area contributed by atoms with Crippen molar-refractivity contribution in [2.45, 2.75) is 25.9 Å². The smallest absolute Gasteiger partial charge is 0.191 e. The first kappa shape index (κ1) is 18.2. The van der Waals surface area contributed by atoms with Crippen molar-refractivity contribution >= 4 is 27.4 Å². The molecule has 5 nitrogen and oxygen atoms in total. The van der Waals surface area contributed by atoms with E-state index in [4.69, 9.17) is 4.74 Å². The minimum Gasteiger partial charge on any atom is -0.386 e. The number of benzene rings is 1. The third-order valence-electron chi connectivity index (χ3n) is 4.13. The zero-order valence-corrected chi connectivity index (χ0v) is 15.5. The Morgan fingerprint density at radius 3 is 2.96 bits per heavy atom. The van der Waals surface area contributed by atoms with Gasteiger partial charge in [-0.25, -0.2) is 0 Å². The van der Waals surface area contributed by atoms with E-state index in [1.165, 1.54) is 22.9 Å². The molecule has 3 N–H and O–H groups in total. The highest BCUT2D eigenvalue weighted by atomic mass is 32.1. The molecule has 0 saturated heterocycles. The monoisotopic (exact) mass is 361 g/mol. The maximum Gasteiger partial charge on any atom is 0.191 e. The van der Waals surface area contributed by atoms with Crippen LogP contribution < -0.4 is 10.6 Å². The molecule has 0 spiro atoms. The van der Waals surface area contributed by atoms with Gasteiger partial charge in [0.25, 0.3) is 0 Å². The molecule has 0 bridgehead atoms. The predicted octanol–water partition coefficient (Wildman–Crippen LogP) is 2.92. The SMILES string of the molecule is CCNC(=NCC(O)c1cc2ccccc2s1)NCCOCC1CC1. The van der Waals surface area contributed by atoms with Crippen LogP contribution in [0.4, 0.5) is 0 Å². The molecule has 136 valence electrons. The number of fused-ring (bicyclic) bond motifs is 1. The quantitative estimate of drug-likeness (QED) is 0.365. The summed E-state index contributed by atoms with van der Waals surface area (Å²) < 4.78 is 6.81. The van der Waals surface area contributed by atoms with Gasteiger partial charge in [-0.05, 0) is 43.2 Å². The topological polar surface area (TPSA) is 65.9 Å². The van der Waals surface area contributed by atoms with E-state index in [1.807, 2.05) is 25.1 Å². The first-order valence-electron chi connectivity index (χ1n) is 9.02. The van der Waals surface area contributed by atoms with Crippen LogP contribution in [0.5, 0.6) is 0 Å². The summed E-state index contributed by atoms with van der Waals surface area (Å²) in [6, 6.07) is 10.2. The minimum atomic E-state index is -0.584. The van der Waals surface area contributed by atoms with E-state index in [9.17, 15) is 5.11 Å². The number of hydrogen-bond donors (Lipinski definition) is 3. The lowest BCUT2D eigenvalue weighted by Gasteiger charge is -2.12. The normalized spacial score (nSPS) is 16.2. The van der Waals surface area contributed by atoms with E-state index in [-0.39, 0.29) is 0 Å². The summed E-state index contributed by atoms with van der Waals surface area (Å²) in [7, 11) is 0. The van der Waals surface area contributed by atoms with Gasteiger partial charge in [0.1, 0.15) is 6.10 Å². The van der Waals surface area contributed by atoms with Crippen LogP contribution in [0.25, 0.3) is 10.1 Å². The zero-order chi connectivity index (χ0) is 17.5. The number of nitrogens with one attached hydrogen (secondary N) is 2. The number of nitrogens with zero attached hydrogens (tertiary/aromatic N) is 1. The molecule has 1 aliphatic rings. The second kappa shape index (κ2) is 9.17. The Hall–Kier alpha value is -1.63. The van der Waals surface area contributed by atoms with Crippen molar-refractivity contribution in [2.24, 2.45) is 10.9 Å². The van der Waals surface area contributed by atoms with Crippen LogP contribution in [0.15, 0.2) is 35.3 Å². The Bertz CT molecular complexity index is 664. The molecule has 0 aliphatic heterocycles. The minimum absolute atomic E-state index is 0.338. The second-order valence-electron chi connectivity index (χ2n) is 6.37. The van der Waals surface area contributed by atoms with E-state index in [2.05, 4.69) is 27.8 Å². The molecule has 0 amide bonds.